The van der Waals surface area contributed by atoms with Crippen molar-refractivity contribution in [2.75, 3.05) is 12.4 Å². The van der Waals surface area contributed by atoms with E-state index in [0.29, 0.717) is 17.3 Å². The lowest BCUT2D eigenvalue weighted by atomic mass is 10.2. The standard InChI is InChI=1S/C16H14ClFN2O/c1-21-15-7-6-10(8-12(15)18)19-9-14-16(17)11-4-2-3-5-13(11)20-14/h2-8,19-20H,9H2,1H3. The summed E-state index contributed by atoms with van der Waals surface area (Å²) >= 11 is 6.34. The number of para-hydroxylation sites is 1. The molecule has 0 aliphatic heterocycles. The summed E-state index contributed by atoms with van der Waals surface area (Å²) in [5.74, 6) is -0.172. The highest BCUT2D eigenvalue weighted by Crippen LogP contribution is 2.28. The summed E-state index contributed by atoms with van der Waals surface area (Å²) in [5.41, 5.74) is 2.53. The van der Waals surface area contributed by atoms with E-state index in [9.17, 15) is 4.39 Å². The summed E-state index contributed by atoms with van der Waals surface area (Å²) in [5, 5.41) is 4.81. The lowest BCUT2D eigenvalue weighted by molar-refractivity contribution is 0.386. The number of hydrogen-bond acceptors (Lipinski definition) is 2. The molecule has 0 bridgehead atoms. The molecule has 0 radical (unpaired) electrons. The first-order valence-corrected chi connectivity index (χ1v) is 6.89. The van der Waals surface area contributed by atoms with Crippen LogP contribution in [0.1, 0.15) is 5.69 Å². The smallest absolute Gasteiger partial charge is 0.167 e. The Morgan fingerprint density at radius 1 is 1.24 bits per heavy atom. The van der Waals surface area contributed by atoms with Gasteiger partial charge in [0.1, 0.15) is 0 Å². The van der Waals surface area contributed by atoms with Gasteiger partial charge in [0, 0.05) is 22.7 Å². The van der Waals surface area contributed by atoms with E-state index in [0.717, 1.165) is 16.6 Å². The summed E-state index contributed by atoms with van der Waals surface area (Å²) in [6, 6.07) is 12.6. The van der Waals surface area contributed by atoms with Gasteiger partial charge in [0.15, 0.2) is 11.6 Å². The van der Waals surface area contributed by atoms with Crippen molar-refractivity contribution in [3.63, 3.8) is 0 Å². The Balaban J connectivity index is 1.80. The number of methoxy groups -OCH3 is 1. The Hall–Kier alpha value is -2.20. The Bertz CT molecular complexity index is 785. The van der Waals surface area contributed by atoms with Crippen molar-refractivity contribution in [3.05, 3.63) is 59.0 Å². The summed E-state index contributed by atoms with van der Waals surface area (Å²) in [7, 11) is 1.44. The molecule has 3 aromatic rings. The van der Waals surface area contributed by atoms with Crippen LogP contribution >= 0.6 is 11.6 Å². The highest BCUT2D eigenvalue weighted by Gasteiger charge is 2.09. The van der Waals surface area contributed by atoms with Gasteiger partial charge in [-0.05, 0) is 18.2 Å². The van der Waals surface area contributed by atoms with Crippen molar-refractivity contribution in [1.82, 2.24) is 4.98 Å². The largest absolute Gasteiger partial charge is 0.494 e. The van der Waals surface area contributed by atoms with E-state index in [1.807, 2.05) is 24.3 Å². The third-order valence-corrected chi connectivity index (χ3v) is 3.77. The summed E-state index contributed by atoms with van der Waals surface area (Å²) < 4.78 is 18.5. The Kier molecular flexibility index (Phi) is 3.71. The molecule has 21 heavy (non-hydrogen) atoms. The number of hydrogen-bond donors (Lipinski definition) is 2. The Labute approximate surface area is 126 Å². The second-order valence-electron chi connectivity index (χ2n) is 4.67. The minimum atomic E-state index is -0.398. The van der Waals surface area contributed by atoms with Gasteiger partial charge in [0.25, 0.3) is 0 Å². The molecule has 1 heterocycles. The van der Waals surface area contributed by atoms with Gasteiger partial charge < -0.3 is 15.0 Å². The minimum Gasteiger partial charge on any atom is -0.494 e. The maximum Gasteiger partial charge on any atom is 0.167 e. The predicted octanol–water partition coefficient (Wildman–Crippen LogP) is 4.58. The number of ether oxygens (including phenoxy) is 1. The monoisotopic (exact) mass is 304 g/mol. The molecule has 3 nitrogen and oxygen atoms in total. The van der Waals surface area contributed by atoms with Crippen molar-refractivity contribution >= 4 is 28.2 Å². The molecule has 0 saturated heterocycles. The first kappa shape index (κ1) is 13.8. The molecule has 1 aromatic heterocycles. The molecule has 0 atom stereocenters. The van der Waals surface area contributed by atoms with Gasteiger partial charge in [-0.15, -0.1) is 0 Å². The first-order valence-electron chi connectivity index (χ1n) is 6.51. The van der Waals surface area contributed by atoms with Crippen LogP contribution in [-0.4, -0.2) is 12.1 Å². The van der Waals surface area contributed by atoms with Crippen LogP contribution in [0, 0.1) is 5.82 Å². The van der Waals surface area contributed by atoms with E-state index in [4.69, 9.17) is 16.3 Å². The van der Waals surface area contributed by atoms with Gasteiger partial charge in [0.05, 0.1) is 24.4 Å². The number of benzene rings is 2. The van der Waals surface area contributed by atoms with Gasteiger partial charge >= 0.3 is 0 Å². The fraction of sp³-hybridized carbons (Fsp3) is 0.125. The molecule has 0 aliphatic rings. The molecule has 0 spiro atoms. The van der Waals surface area contributed by atoms with Gasteiger partial charge in [-0.3, -0.25) is 0 Å². The maximum atomic E-state index is 13.6. The second-order valence-corrected chi connectivity index (χ2v) is 5.04. The van der Waals surface area contributed by atoms with Crippen LogP contribution in [0.4, 0.5) is 10.1 Å². The zero-order valence-electron chi connectivity index (χ0n) is 11.4. The van der Waals surface area contributed by atoms with E-state index in [1.54, 1.807) is 12.1 Å². The van der Waals surface area contributed by atoms with Crippen LogP contribution < -0.4 is 10.1 Å². The van der Waals surface area contributed by atoms with Crippen LogP contribution in [0.3, 0.4) is 0 Å². The number of aromatic nitrogens is 1. The maximum absolute atomic E-state index is 13.6. The van der Waals surface area contributed by atoms with Crippen molar-refractivity contribution in [2.45, 2.75) is 6.54 Å². The summed E-state index contributed by atoms with van der Waals surface area (Å²) in [6.45, 7) is 0.485. The van der Waals surface area contributed by atoms with Crippen molar-refractivity contribution in [2.24, 2.45) is 0 Å². The molecule has 0 fully saturated rings. The summed E-state index contributed by atoms with van der Waals surface area (Å²) in [6.07, 6.45) is 0. The van der Waals surface area contributed by atoms with Crippen LogP contribution in [0.15, 0.2) is 42.5 Å². The number of fused-ring (bicyclic) bond motifs is 1. The van der Waals surface area contributed by atoms with Crippen molar-refractivity contribution in [3.8, 4) is 5.75 Å². The first-order chi connectivity index (χ1) is 10.2. The molecular weight excluding hydrogens is 291 g/mol. The zero-order valence-corrected chi connectivity index (χ0v) is 12.2. The lowest BCUT2D eigenvalue weighted by Crippen LogP contribution is -2.01. The van der Waals surface area contributed by atoms with E-state index in [-0.39, 0.29) is 5.75 Å². The molecule has 0 amide bonds. The van der Waals surface area contributed by atoms with Gasteiger partial charge in [-0.2, -0.15) is 0 Å². The fourth-order valence-corrected chi connectivity index (χ4v) is 2.53. The molecule has 0 aliphatic carbocycles. The fourth-order valence-electron chi connectivity index (χ4n) is 2.25. The molecule has 108 valence electrons. The van der Waals surface area contributed by atoms with Gasteiger partial charge in [0.2, 0.25) is 0 Å². The SMILES string of the molecule is COc1ccc(NCc2[nH]c3ccccc3c2Cl)cc1F. The van der Waals surface area contributed by atoms with Crippen LogP contribution in [0.5, 0.6) is 5.75 Å². The molecule has 3 rings (SSSR count). The minimum absolute atomic E-state index is 0.226. The molecule has 2 N–H and O–H groups in total. The van der Waals surface area contributed by atoms with Gasteiger partial charge in [-0.25, -0.2) is 4.39 Å². The number of nitrogens with one attached hydrogen (secondary N) is 2. The highest BCUT2D eigenvalue weighted by molar-refractivity contribution is 6.36. The van der Waals surface area contributed by atoms with Crippen molar-refractivity contribution in [1.29, 1.82) is 0 Å². The quantitative estimate of drug-likeness (QED) is 0.740. The molecule has 5 heteroatoms. The van der Waals surface area contributed by atoms with E-state index < -0.39 is 5.82 Å². The Morgan fingerprint density at radius 2 is 2.05 bits per heavy atom. The normalized spacial score (nSPS) is 10.8. The average molecular weight is 305 g/mol. The number of H-pyrrole nitrogens is 1. The number of halogens is 2. The van der Waals surface area contributed by atoms with Crippen LogP contribution in [0.2, 0.25) is 5.02 Å². The molecule has 0 saturated carbocycles. The second kappa shape index (κ2) is 5.66. The molecular formula is C16H14ClFN2O. The predicted molar refractivity (Wildman–Crippen MR) is 83.6 cm³/mol. The van der Waals surface area contributed by atoms with E-state index in [1.165, 1.54) is 13.2 Å². The molecule has 0 unspecified atom stereocenters. The van der Waals surface area contributed by atoms with E-state index >= 15 is 0 Å². The number of anilines is 1. The van der Waals surface area contributed by atoms with E-state index in [2.05, 4.69) is 10.3 Å². The topological polar surface area (TPSA) is 37.0 Å². The van der Waals surface area contributed by atoms with Crippen LogP contribution in [0.25, 0.3) is 10.9 Å². The Morgan fingerprint density at radius 3 is 2.76 bits per heavy atom. The highest BCUT2D eigenvalue weighted by atomic mass is 35.5. The zero-order chi connectivity index (χ0) is 14.8. The third-order valence-electron chi connectivity index (χ3n) is 3.34. The lowest BCUT2D eigenvalue weighted by Gasteiger charge is -2.08. The average Bonchev–Trinajstić information content (AvgIpc) is 2.82. The molecule has 2 aromatic carbocycles. The third kappa shape index (κ3) is 2.67. The van der Waals surface area contributed by atoms with Crippen molar-refractivity contribution < 1.29 is 9.13 Å². The number of rotatable bonds is 4. The number of aromatic amines is 1. The summed E-state index contributed by atoms with van der Waals surface area (Å²) in [4.78, 5) is 3.26. The van der Waals surface area contributed by atoms with Crippen LogP contribution in [-0.2, 0) is 6.54 Å². The van der Waals surface area contributed by atoms with Gasteiger partial charge in [-0.1, -0.05) is 29.8 Å².